The Balaban J connectivity index is 1.91. The van der Waals surface area contributed by atoms with Gasteiger partial charge in [0, 0.05) is 19.1 Å². The second-order valence-corrected chi connectivity index (χ2v) is 4.95. The van der Waals surface area contributed by atoms with Gasteiger partial charge in [-0.1, -0.05) is 12.1 Å². The molecule has 21 heavy (non-hydrogen) atoms. The molecule has 1 aliphatic rings. The molecule has 7 heteroatoms. The highest BCUT2D eigenvalue weighted by molar-refractivity contribution is 5.80. The van der Waals surface area contributed by atoms with E-state index in [-0.39, 0.29) is 19.0 Å². The van der Waals surface area contributed by atoms with Crippen LogP contribution in [0, 0.1) is 0 Å². The highest BCUT2D eigenvalue weighted by atomic mass is 16.5. The third-order valence-corrected chi connectivity index (χ3v) is 3.59. The lowest BCUT2D eigenvalue weighted by atomic mass is 10.1. The van der Waals surface area contributed by atoms with E-state index in [2.05, 4.69) is 5.32 Å². The number of carbonyl (C=O) groups is 2. The first-order valence-corrected chi connectivity index (χ1v) is 6.60. The van der Waals surface area contributed by atoms with Crippen LogP contribution in [0.25, 0.3) is 0 Å². The molecule has 1 aliphatic heterocycles. The van der Waals surface area contributed by atoms with Crippen molar-refractivity contribution in [2.24, 2.45) is 0 Å². The molecule has 0 aromatic heterocycles. The van der Waals surface area contributed by atoms with E-state index >= 15 is 0 Å². The predicted molar refractivity (Wildman–Crippen MR) is 74.4 cm³/mol. The van der Waals surface area contributed by atoms with Gasteiger partial charge in [-0.25, -0.2) is 9.59 Å². The van der Waals surface area contributed by atoms with Crippen LogP contribution >= 0.6 is 0 Å². The first kappa shape index (κ1) is 15.1. The van der Waals surface area contributed by atoms with Gasteiger partial charge in [0.1, 0.15) is 11.8 Å². The molecule has 0 aliphatic carbocycles. The molecule has 0 spiro atoms. The maximum Gasteiger partial charge on any atom is 0.408 e. The van der Waals surface area contributed by atoms with Crippen LogP contribution in [0.4, 0.5) is 4.79 Å². The number of benzene rings is 1. The molecule has 7 nitrogen and oxygen atoms in total. The summed E-state index contributed by atoms with van der Waals surface area (Å²) in [6.07, 6.45) is -0.922. The molecule has 2 rings (SSSR count). The summed E-state index contributed by atoms with van der Waals surface area (Å²) < 4.78 is 5.07. The number of hydrogen-bond acceptors (Lipinski definition) is 4. The topological polar surface area (TPSA) is 99.1 Å². The lowest BCUT2D eigenvalue weighted by Gasteiger charge is -2.16. The molecule has 0 radical (unpaired) electrons. The Labute approximate surface area is 122 Å². The van der Waals surface area contributed by atoms with Crippen LogP contribution in [-0.2, 0) is 11.3 Å². The average molecular weight is 294 g/mol. The second kappa shape index (κ2) is 6.45. The minimum atomic E-state index is -1.20. The van der Waals surface area contributed by atoms with Gasteiger partial charge in [-0.3, -0.25) is 4.90 Å². The van der Waals surface area contributed by atoms with Crippen molar-refractivity contribution < 1.29 is 24.5 Å². The van der Waals surface area contributed by atoms with Crippen molar-refractivity contribution in [3.63, 3.8) is 0 Å². The van der Waals surface area contributed by atoms with E-state index in [1.54, 1.807) is 7.11 Å². The van der Waals surface area contributed by atoms with Crippen molar-refractivity contribution in [3.05, 3.63) is 29.8 Å². The third kappa shape index (κ3) is 3.63. The van der Waals surface area contributed by atoms with Crippen molar-refractivity contribution in [1.82, 2.24) is 10.2 Å². The van der Waals surface area contributed by atoms with E-state index < -0.39 is 18.1 Å². The summed E-state index contributed by atoms with van der Waals surface area (Å²) in [7, 11) is 1.60. The van der Waals surface area contributed by atoms with Gasteiger partial charge >= 0.3 is 12.1 Å². The van der Waals surface area contributed by atoms with Crippen LogP contribution in [0.5, 0.6) is 5.75 Å². The van der Waals surface area contributed by atoms with Crippen LogP contribution in [0.2, 0.25) is 0 Å². The molecular formula is C14H18N2O5. The number of rotatable bonds is 5. The number of amides is 1. The van der Waals surface area contributed by atoms with E-state index in [0.717, 1.165) is 16.2 Å². The minimum absolute atomic E-state index is 0.163. The number of nitrogens with one attached hydrogen (secondary N) is 1. The fourth-order valence-corrected chi connectivity index (χ4v) is 2.43. The maximum absolute atomic E-state index is 11.1. The molecule has 3 N–H and O–H groups in total. The quantitative estimate of drug-likeness (QED) is 0.749. The summed E-state index contributed by atoms with van der Waals surface area (Å²) in [5.41, 5.74) is 1.02. The Morgan fingerprint density at radius 3 is 2.48 bits per heavy atom. The van der Waals surface area contributed by atoms with Crippen LogP contribution in [0.15, 0.2) is 24.3 Å². The van der Waals surface area contributed by atoms with Gasteiger partial charge in [0.2, 0.25) is 0 Å². The lowest BCUT2D eigenvalue weighted by molar-refractivity contribution is -0.141. The van der Waals surface area contributed by atoms with Crippen molar-refractivity contribution in [3.8, 4) is 5.75 Å². The summed E-state index contributed by atoms with van der Waals surface area (Å²) in [5, 5.41) is 21.3. The van der Waals surface area contributed by atoms with E-state index in [1.807, 2.05) is 24.3 Å². The smallest absolute Gasteiger partial charge is 0.408 e. The second-order valence-electron chi connectivity index (χ2n) is 4.95. The molecule has 2 atom stereocenters. The molecule has 0 saturated carbocycles. The number of nitrogens with zero attached hydrogens (tertiary/aromatic N) is 1. The van der Waals surface area contributed by atoms with E-state index in [9.17, 15) is 9.59 Å². The Morgan fingerprint density at radius 1 is 1.33 bits per heavy atom. The fraction of sp³-hybridized carbons (Fsp3) is 0.429. The van der Waals surface area contributed by atoms with Crippen LogP contribution in [-0.4, -0.2) is 52.9 Å². The zero-order chi connectivity index (χ0) is 15.4. The van der Waals surface area contributed by atoms with Gasteiger partial charge in [-0.2, -0.15) is 0 Å². The normalized spacial score (nSPS) is 21.3. The summed E-state index contributed by atoms with van der Waals surface area (Å²) in [6, 6.07) is 6.36. The van der Waals surface area contributed by atoms with Crippen LogP contribution < -0.4 is 10.1 Å². The van der Waals surface area contributed by atoms with Crippen molar-refractivity contribution in [1.29, 1.82) is 0 Å². The Hall–Kier alpha value is -2.28. The summed E-state index contributed by atoms with van der Waals surface area (Å²) in [5.74, 6) is -0.339. The molecule has 1 aromatic carbocycles. The van der Waals surface area contributed by atoms with Gasteiger partial charge in [-0.05, 0) is 24.1 Å². The largest absolute Gasteiger partial charge is 0.497 e. The molecule has 1 aromatic rings. The minimum Gasteiger partial charge on any atom is -0.497 e. The SMILES string of the molecule is COc1ccc(CN[C@H]2C[C@@H](C(=O)O)N(C(=O)O)C2)cc1. The zero-order valence-electron chi connectivity index (χ0n) is 11.7. The monoisotopic (exact) mass is 294 g/mol. The molecule has 114 valence electrons. The first-order chi connectivity index (χ1) is 10.0. The lowest BCUT2D eigenvalue weighted by Crippen LogP contribution is -2.40. The third-order valence-electron chi connectivity index (χ3n) is 3.59. The maximum atomic E-state index is 11.1. The number of likely N-dealkylation sites (tertiary alicyclic amines) is 1. The Morgan fingerprint density at radius 2 is 2.00 bits per heavy atom. The van der Waals surface area contributed by atoms with Crippen LogP contribution in [0.3, 0.4) is 0 Å². The molecule has 0 unspecified atom stereocenters. The van der Waals surface area contributed by atoms with Gasteiger partial charge in [0.05, 0.1) is 7.11 Å². The first-order valence-electron chi connectivity index (χ1n) is 6.60. The molecule has 0 bridgehead atoms. The highest BCUT2D eigenvalue weighted by Crippen LogP contribution is 2.19. The molecule has 1 fully saturated rings. The summed E-state index contributed by atoms with van der Waals surface area (Å²) >= 11 is 0. The van der Waals surface area contributed by atoms with Gasteiger partial charge in [0.15, 0.2) is 0 Å². The number of hydrogen-bond donors (Lipinski definition) is 3. The van der Waals surface area contributed by atoms with Gasteiger partial charge in [-0.15, -0.1) is 0 Å². The summed E-state index contributed by atoms with van der Waals surface area (Å²) in [6.45, 7) is 0.733. The van der Waals surface area contributed by atoms with Crippen molar-refractivity contribution in [2.45, 2.75) is 25.0 Å². The van der Waals surface area contributed by atoms with Gasteiger partial charge < -0.3 is 20.3 Å². The molecule has 1 amide bonds. The molecular weight excluding hydrogens is 276 g/mol. The van der Waals surface area contributed by atoms with E-state index in [4.69, 9.17) is 14.9 Å². The molecule has 1 saturated heterocycles. The van der Waals surface area contributed by atoms with Gasteiger partial charge in [0.25, 0.3) is 0 Å². The zero-order valence-corrected chi connectivity index (χ0v) is 11.7. The predicted octanol–water partition coefficient (Wildman–Crippen LogP) is 0.990. The van der Waals surface area contributed by atoms with Crippen molar-refractivity contribution in [2.75, 3.05) is 13.7 Å². The summed E-state index contributed by atoms with van der Waals surface area (Å²) in [4.78, 5) is 23.1. The Bertz CT molecular complexity index is 495. The highest BCUT2D eigenvalue weighted by Gasteiger charge is 2.39. The number of carboxylic acids is 1. The van der Waals surface area contributed by atoms with Crippen LogP contribution in [0.1, 0.15) is 12.0 Å². The standard InChI is InChI=1S/C14H18N2O5/c1-21-11-4-2-9(3-5-11)7-15-10-6-12(13(17)18)16(8-10)14(19)20/h2-5,10,12,15H,6-8H2,1H3,(H,17,18)(H,19,20)/t10-,12-/m0/s1. The van der Waals surface area contributed by atoms with E-state index in [1.165, 1.54) is 0 Å². The fourth-order valence-electron chi connectivity index (χ4n) is 2.43. The Kier molecular flexibility index (Phi) is 4.64. The number of carboxylic acid groups (broad SMARTS) is 2. The number of methoxy groups -OCH3 is 1. The van der Waals surface area contributed by atoms with Crippen molar-refractivity contribution >= 4 is 12.1 Å². The molecule has 1 heterocycles. The number of ether oxygens (including phenoxy) is 1. The number of aliphatic carboxylic acids is 1. The average Bonchev–Trinajstić information content (AvgIpc) is 2.90. The van der Waals surface area contributed by atoms with E-state index in [0.29, 0.717) is 6.54 Å².